The average molecular weight is 306 g/mol. The van der Waals surface area contributed by atoms with Gasteiger partial charge in [-0.25, -0.2) is 4.79 Å². The van der Waals surface area contributed by atoms with E-state index >= 15 is 0 Å². The molecule has 0 amide bonds. The molecular formula is C14H17F3O4. The molecule has 7 heteroatoms. The number of carboxylic acid groups (broad SMARTS) is 1. The highest BCUT2D eigenvalue weighted by Gasteiger charge is 2.31. The van der Waals surface area contributed by atoms with E-state index in [9.17, 15) is 18.0 Å². The van der Waals surface area contributed by atoms with Gasteiger partial charge in [-0.2, -0.15) is 0 Å². The molecule has 1 aromatic rings. The lowest BCUT2D eigenvalue weighted by atomic mass is 10.2. The summed E-state index contributed by atoms with van der Waals surface area (Å²) in [5, 5.41) is 8.99. The van der Waals surface area contributed by atoms with Crippen LogP contribution in [-0.4, -0.2) is 24.0 Å². The summed E-state index contributed by atoms with van der Waals surface area (Å²) in [5.74, 6) is -1.89. The van der Waals surface area contributed by atoms with Gasteiger partial charge in [-0.15, -0.1) is 13.2 Å². The third-order valence-electron chi connectivity index (χ3n) is 2.67. The van der Waals surface area contributed by atoms with Crippen molar-refractivity contribution in [2.75, 3.05) is 6.61 Å². The Bertz CT molecular complexity index is 472. The summed E-state index contributed by atoms with van der Waals surface area (Å²) in [6, 6.07) is 2.92. The lowest BCUT2D eigenvalue weighted by molar-refractivity contribution is -0.274. The molecule has 0 atom stereocenters. The fourth-order valence-electron chi connectivity index (χ4n) is 1.71. The largest absolute Gasteiger partial charge is 0.573 e. The van der Waals surface area contributed by atoms with Crippen molar-refractivity contribution in [3.8, 4) is 11.5 Å². The van der Waals surface area contributed by atoms with E-state index < -0.39 is 18.1 Å². The third-order valence-corrected chi connectivity index (χ3v) is 2.67. The number of halogens is 3. The Balaban J connectivity index is 2.76. The van der Waals surface area contributed by atoms with E-state index in [4.69, 9.17) is 9.84 Å². The topological polar surface area (TPSA) is 55.8 Å². The van der Waals surface area contributed by atoms with Crippen molar-refractivity contribution >= 4 is 5.97 Å². The number of hydrogen-bond donors (Lipinski definition) is 1. The van der Waals surface area contributed by atoms with Gasteiger partial charge in [0.2, 0.25) is 0 Å². The van der Waals surface area contributed by atoms with Gasteiger partial charge in [0.05, 0.1) is 6.61 Å². The first-order chi connectivity index (χ1) is 9.83. The number of aromatic carboxylic acids is 1. The number of benzene rings is 1. The smallest absolute Gasteiger partial charge is 0.493 e. The van der Waals surface area contributed by atoms with E-state index in [-0.39, 0.29) is 17.9 Å². The molecule has 118 valence electrons. The molecule has 0 spiro atoms. The number of hydrogen-bond acceptors (Lipinski definition) is 3. The standard InChI is InChI=1S/C14H17F3O4/c1-2-3-4-5-8-20-12-9-10(21-14(15,16)17)6-7-11(12)13(18)19/h6-7,9H,2-5,8H2,1H3,(H,18,19). The maximum absolute atomic E-state index is 12.1. The second-order valence-corrected chi connectivity index (χ2v) is 4.42. The Morgan fingerprint density at radius 2 is 1.95 bits per heavy atom. The summed E-state index contributed by atoms with van der Waals surface area (Å²) in [6.07, 6.45) is -1.15. The van der Waals surface area contributed by atoms with Crippen LogP contribution in [0, 0.1) is 0 Å². The van der Waals surface area contributed by atoms with Crippen molar-refractivity contribution < 1.29 is 32.5 Å². The van der Waals surface area contributed by atoms with Crippen molar-refractivity contribution in [2.45, 2.75) is 39.0 Å². The molecule has 1 aromatic carbocycles. The molecule has 0 aliphatic rings. The maximum Gasteiger partial charge on any atom is 0.573 e. The van der Waals surface area contributed by atoms with E-state index in [1.54, 1.807) is 0 Å². The quantitative estimate of drug-likeness (QED) is 0.730. The van der Waals surface area contributed by atoms with Crippen molar-refractivity contribution in [1.82, 2.24) is 0 Å². The molecule has 0 bridgehead atoms. The van der Waals surface area contributed by atoms with Crippen molar-refractivity contribution in [2.24, 2.45) is 0 Å². The van der Waals surface area contributed by atoms with Crippen LogP contribution < -0.4 is 9.47 Å². The molecule has 21 heavy (non-hydrogen) atoms. The van der Waals surface area contributed by atoms with Gasteiger partial charge in [0.1, 0.15) is 17.1 Å². The minimum absolute atomic E-state index is 0.124. The Hall–Kier alpha value is -1.92. The zero-order valence-corrected chi connectivity index (χ0v) is 11.6. The molecular weight excluding hydrogens is 289 g/mol. The Labute approximate surface area is 120 Å². The Kier molecular flexibility index (Phi) is 6.33. The maximum atomic E-state index is 12.1. The SMILES string of the molecule is CCCCCCOc1cc(OC(F)(F)F)ccc1C(=O)O. The second-order valence-electron chi connectivity index (χ2n) is 4.42. The van der Waals surface area contributed by atoms with Gasteiger partial charge in [0.15, 0.2) is 0 Å². The molecule has 0 aliphatic heterocycles. The van der Waals surface area contributed by atoms with Crippen molar-refractivity contribution in [3.63, 3.8) is 0 Å². The Morgan fingerprint density at radius 3 is 2.52 bits per heavy atom. The first-order valence-corrected chi connectivity index (χ1v) is 6.59. The van der Waals surface area contributed by atoms with E-state index in [1.807, 2.05) is 6.92 Å². The first kappa shape index (κ1) is 17.1. The minimum atomic E-state index is -4.83. The average Bonchev–Trinajstić information content (AvgIpc) is 2.36. The first-order valence-electron chi connectivity index (χ1n) is 6.59. The molecule has 0 unspecified atom stereocenters. The molecule has 0 aromatic heterocycles. The molecule has 0 aliphatic carbocycles. The molecule has 0 heterocycles. The van der Waals surface area contributed by atoms with Gasteiger partial charge in [-0.1, -0.05) is 26.2 Å². The van der Waals surface area contributed by atoms with E-state index in [2.05, 4.69) is 4.74 Å². The molecule has 4 nitrogen and oxygen atoms in total. The van der Waals surface area contributed by atoms with E-state index in [0.29, 0.717) is 6.42 Å². The summed E-state index contributed by atoms with van der Waals surface area (Å²) in [7, 11) is 0. The zero-order valence-electron chi connectivity index (χ0n) is 11.6. The minimum Gasteiger partial charge on any atom is -0.493 e. The number of unbranched alkanes of at least 4 members (excludes halogenated alkanes) is 3. The molecule has 0 fully saturated rings. The van der Waals surface area contributed by atoms with Gasteiger partial charge < -0.3 is 14.6 Å². The number of alkyl halides is 3. The lowest BCUT2D eigenvalue weighted by Crippen LogP contribution is -2.17. The van der Waals surface area contributed by atoms with Crippen LogP contribution in [0.2, 0.25) is 0 Å². The number of carbonyl (C=O) groups is 1. The van der Waals surface area contributed by atoms with Crippen LogP contribution in [0.1, 0.15) is 43.0 Å². The van der Waals surface area contributed by atoms with Crippen LogP contribution in [-0.2, 0) is 0 Å². The molecule has 0 saturated carbocycles. The summed E-state index contributed by atoms with van der Waals surface area (Å²) in [6.45, 7) is 2.29. The predicted octanol–water partition coefficient (Wildman–Crippen LogP) is 4.24. The monoisotopic (exact) mass is 306 g/mol. The number of rotatable bonds is 8. The highest BCUT2D eigenvalue weighted by molar-refractivity contribution is 5.91. The summed E-state index contributed by atoms with van der Waals surface area (Å²) in [5.41, 5.74) is -0.194. The Morgan fingerprint density at radius 1 is 1.24 bits per heavy atom. The zero-order chi connectivity index (χ0) is 15.9. The number of carboxylic acids is 1. The van der Waals surface area contributed by atoms with Crippen LogP contribution in [0.3, 0.4) is 0 Å². The van der Waals surface area contributed by atoms with Gasteiger partial charge in [-0.05, 0) is 18.6 Å². The highest BCUT2D eigenvalue weighted by atomic mass is 19.4. The van der Waals surface area contributed by atoms with Crippen molar-refractivity contribution in [1.29, 1.82) is 0 Å². The fraction of sp³-hybridized carbons (Fsp3) is 0.500. The van der Waals surface area contributed by atoms with Gasteiger partial charge in [-0.3, -0.25) is 0 Å². The summed E-state index contributed by atoms with van der Waals surface area (Å²) in [4.78, 5) is 11.0. The van der Waals surface area contributed by atoms with E-state index in [1.165, 1.54) is 0 Å². The van der Waals surface area contributed by atoms with Gasteiger partial charge in [0.25, 0.3) is 0 Å². The summed E-state index contributed by atoms with van der Waals surface area (Å²) < 4.78 is 45.5. The third kappa shape index (κ3) is 6.37. The lowest BCUT2D eigenvalue weighted by Gasteiger charge is -2.13. The van der Waals surface area contributed by atoms with Crippen molar-refractivity contribution in [3.05, 3.63) is 23.8 Å². The van der Waals surface area contributed by atoms with Crippen LogP contribution in [0.15, 0.2) is 18.2 Å². The number of ether oxygens (including phenoxy) is 2. The molecule has 1 N–H and O–H groups in total. The second kappa shape index (κ2) is 7.75. The van der Waals surface area contributed by atoms with Crippen LogP contribution in [0.4, 0.5) is 13.2 Å². The van der Waals surface area contributed by atoms with Gasteiger partial charge >= 0.3 is 12.3 Å². The van der Waals surface area contributed by atoms with Crippen LogP contribution in [0.5, 0.6) is 11.5 Å². The fourth-order valence-corrected chi connectivity index (χ4v) is 1.71. The van der Waals surface area contributed by atoms with Gasteiger partial charge in [0, 0.05) is 6.07 Å². The van der Waals surface area contributed by atoms with Crippen LogP contribution in [0.25, 0.3) is 0 Å². The summed E-state index contributed by atoms with van der Waals surface area (Å²) >= 11 is 0. The molecule has 1 rings (SSSR count). The molecule has 0 saturated heterocycles. The normalized spacial score (nSPS) is 11.2. The molecule has 0 radical (unpaired) electrons. The van der Waals surface area contributed by atoms with E-state index in [0.717, 1.165) is 37.5 Å². The predicted molar refractivity (Wildman–Crippen MR) is 69.7 cm³/mol. The van der Waals surface area contributed by atoms with Crippen LogP contribution >= 0.6 is 0 Å². The highest BCUT2D eigenvalue weighted by Crippen LogP contribution is 2.29.